The topological polar surface area (TPSA) is 37.4 Å². The van der Waals surface area contributed by atoms with Crippen LogP contribution in [0.25, 0.3) is 0 Å². The zero-order valence-electron chi connectivity index (χ0n) is 11.5. The van der Waals surface area contributed by atoms with Crippen molar-refractivity contribution in [3.63, 3.8) is 0 Å². The normalized spacial score (nSPS) is 18.2. The number of hydrogen-bond acceptors (Lipinski definition) is 2. The maximum atomic E-state index is 13.2. The molecular formula is C14H19F2NO2S. The van der Waals surface area contributed by atoms with Gasteiger partial charge in [0.15, 0.2) is 11.6 Å². The molecule has 2 rings (SSSR count). The monoisotopic (exact) mass is 303 g/mol. The first-order valence-corrected chi connectivity index (χ1v) is 8.30. The molecule has 1 aromatic rings. The Bertz CT molecular complexity index is 567. The molecule has 6 heteroatoms. The SMILES string of the molecule is CN(C1CCCCCC1)S(=O)(=O)c1ccc(F)c(F)c1. The van der Waals surface area contributed by atoms with Gasteiger partial charge in [0, 0.05) is 13.1 Å². The van der Waals surface area contributed by atoms with Crippen molar-refractivity contribution in [3.05, 3.63) is 29.8 Å². The Morgan fingerprint density at radius 1 is 1.05 bits per heavy atom. The molecule has 112 valence electrons. The summed E-state index contributed by atoms with van der Waals surface area (Å²) >= 11 is 0. The second-order valence-electron chi connectivity index (χ2n) is 5.24. The molecule has 20 heavy (non-hydrogen) atoms. The molecular weight excluding hydrogens is 284 g/mol. The summed E-state index contributed by atoms with van der Waals surface area (Å²) in [6.45, 7) is 0. The second kappa shape index (κ2) is 6.18. The predicted molar refractivity (Wildman–Crippen MR) is 72.8 cm³/mol. The number of halogens is 2. The van der Waals surface area contributed by atoms with Crippen LogP contribution in [0.5, 0.6) is 0 Å². The van der Waals surface area contributed by atoms with Crippen LogP contribution in [-0.4, -0.2) is 25.8 Å². The van der Waals surface area contributed by atoms with Gasteiger partial charge < -0.3 is 0 Å². The van der Waals surface area contributed by atoms with E-state index in [1.54, 1.807) is 0 Å². The molecule has 0 spiro atoms. The van der Waals surface area contributed by atoms with E-state index in [1.165, 1.54) is 11.4 Å². The average molecular weight is 303 g/mol. The highest BCUT2D eigenvalue weighted by Crippen LogP contribution is 2.26. The minimum absolute atomic E-state index is 0.0596. The van der Waals surface area contributed by atoms with Crippen LogP contribution in [0.15, 0.2) is 23.1 Å². The van der Waals surface area contributed by atoms with Gasteiger partial charge in [-0.25, -0.2) is 17.2 Å². The summed E-state index contributed by atoms with van der Waals surface area (Å²) in [6, 6.07) is 2.65. The van der Waals surface area contributed by atoms with Crippen molar-refractivity contribution in [2.45, 2.75) is 49.5 Å². The summed E-state index contributed by atoms with van der Waals surface area (Å²) in [5.41, 5.74) is 0. The van der Waals surface area contributed by atoms with E-state index in [2.05, 4.69) is 0 Å². The number of benzene rings is 1. The highest BCUT2D eigenvalue weighted by atomic mass is 32.2. The van der Waals surface area contributed by atoms with Crippen LogP contribution in [0, 0.1) is 11.6 Å². The van der Waals surface area contributed by atoms with Gasteiger partial charge in [-0.15, -0.1) is 0 Å². The summed E-state index contributed by atoms with van der Waals surface area (Å²) < 4.78 is 52.3. The maximum Gasteiger partial charge on any atom is 0.243 e. The Labute approximate surface area is 118 Å². The lowest BCUT2D eigenvalue weighted by molar-refractivity contribution is 0.335. The van der Waals surface area contributed by atoms with E-state index < -0.39 is 21.7 Å². The van der Waals surface area contributed by atoms with Crippen LogP contribution in [0.3, 0.4) is 0 Å². The Morgan fingerprint density at radius 2 is 1.65 bits per heavy atom. The van der Waals surface area contributed by atoms with Crippen LogP contribution in [0.2, 0.25) is 0 Å². The van der Waals surface area contributed by atoms with Crippen molar-refractivity contribution >= 4 is 10.0 Å². The Kier molecular flexibility index (Phi) is 4.75. The Hall–Kier alpha value is -1.01. The lowest BCUT2D eigenvalue weighted by atomic mass is 10.1. The fourth-order valence-electron chi connectivity index (χ4n) is 2.62. The van der Waals surface area contributed by atoms with Gasteiger partial charge in [-0.3, -0.25) is 0 Å². The highest BCUT2D eigenvalue weighted by Gasteiger charge is 2.29. The van der Waals surface area contributed by atoms with Gasteiger partial charge in [-0.2, -0.15) is 4.31 Å². The lowest BCUT2D eigenvalue weighted by Gasteiger charge is -2.26. The molecule has 1 fully saturated rings. The quantitative estimate of drug-likeness (QED) is 0.803. The minimum atomic E-state index is -3.77. The molecule has 1 aliphatic rings. The second-order valence-corrected chi connectivity index (χ2v) is 7.24. The third-order valence-electron chi connectivity index (χ3n) is 3.91. The van der Waals surface area contributed by atoms with Crippen molar-refractivity contribution in [2.75, 3.05) is 7.05 Å². The third kappa shape index (κ3) is 3.17. The van der Waals surface area contributed by atoms with E-state index in [1.807, 2.05) is 0 Å². The molecule has 1 aromatic carbocycles. The predicted octanol–water partition coefficient (Wildman–Crippen LogP) is 3.31. The molecule has 0 amide bonds. The van der Waals surface area contributed by atoms with Crippen LogP contribution < -0.4 is 0 Å². The Morgan fingerprint density at radius 3 is 2.20 bits per heavy atom. The average Bonchev–Trinajstić information content (AvgIpc) is 2.69. The first-order chi connectivity index (χ1) is 9.43. The van der Waals surface area contributed by atoms with E-state index >= 15 is 0 Å². The zero-order chi connectivity index (χ0) is 14.8. The first-order valence-electron chi connectivity index (χ1n) is 6.86. The van der Waals surface area contributed by atoms with Crippen LogP contribution in [0.1, 0.15) is 38.5 Å². The summed E-state index contributed by atoms with van der Waals surface area (Å²) in [5.74, 6) is -2.18. The summed E-state index contributed by atoms with van der Waals surface area (Å²) in [7, 11) is -2.25. The highest BCUT2D eigenvalue weighted by molar-refractivity contribution is 7.89. The van der Waals surface area contributed by atoms with Gasteiger partial charge in [-0.1, -0.05) is 25.7 Å². The van der Waals surface area contributed by atoms with Gasteiger partial charge in [0.05, 0.1) is 4.90 Å². The lowest BCUT2D eigenvalue weighted by Crippen LogP contribution is -2.36. The van der Waals surface area contributed by atoms with Crippen molar-refractivity contribution < 1.29 is 17.2 Å². The van der Waals surface area contributed by atoms with Crippen molar-refractivity contribution in [3.8, 4) is 0 Å². The molecule has 0 atom stereocenters. The molecule has 0 heterocycles. The number of sulfonamides is 1. The summed E-state index contributed by atoms with van der Waals surface area (Å²) in [4.78, 5) is -0.192. The number of rotatable bonds is 3. The van der Waals surface area contributed by atoms with Crippen molar-refractivity contribution in [1.82, 2.24) is 4.31 Å². The fraction of sp³-hybridized carbons (Fsp3) is 0.571. The zero-order valence-corrected chi connectivity index (χ0v) is 12.3. The van der Waals surface area contributed by atoms with Crippen molar-refractivity contribution in [2.24, 2.45) is 0 Å². The molecule has 0 aliphatic heterocycles. The molecule has 1 aliphatic carbocycles. The molecule has 0 N–H and O–H groups in total. The van der Waals surface area contributed by atoms with E-state index in [0.717, 1.165) is 56.7 Å². The molecule has 0 unspecified atom stereocenters. The van der Waals surface area contributed by atoms with E-state index in [9.17, 15) is 17.2 Å². The molecule has 0 saturated heterocycles. The molecule has 0 bridgehead atoms. The first kappa shape index (κ1) is 15.4. The van der Waals surface area contributed by atoms with Crippen LogP contribution in [-0.2, 0) is 10.0 Å². The summed E-state index contributed by atoms with van der Waals surface area (Å²) in [5, 5.41) is 0. The smallest absolute Gasteiger partial charge is 0.207 e. The van der Waals surface area contributed by atoms with Gasteiger partial charge in [-0.05, 0) is 31.0 Å². The van der Waals surface area contributed by atoms with Crippen LogP contribution >= 0.6 is 0 Å². The van der Waals surface area contributed by atoms with E-state index in [0.29, 0.717) is 0 Å². The largest absolute Gasteiger partial charge is 0.243 e. The number of nitrogens with zero attached hydrogens (tertiary/aromatic N) is 1. The van der Waals surface area contributed by atoms with Gasteiger partial charge in [0.25, 0.3) is 0 Å². The van der Waals surface area contributed by atoms with Gasteiger partial charge in [0.1, 0.15) is 0 Å². The maximum absolute atomic E-state index is 13.2. The van der Waals surface area contributed by atoms with E-state index in [4.69, 9.17) is 0 Å². The van der Waals surface area contributed by atoms with Gasteiger partial charge in [0.2, 0.25) is 10.0 Å². The van der Waals surface area contributed by atoms with Crippen LogP contribution in [0.4, 0.5) is 8.78 Å². The van der Waals surface area contributed by atoms with Crippen molar-refractivity contribution in [1.29, 1.82) is 0 Å². The Balaban J connectivity index is 2.26. The molecule has 0 radical (unpaired) electrons. The summed E-state index contributed by atoms with van der Waals surface area (Å²) in [6.07, 6.45) is 5.88. The molecule has 0 aromatic heterocycles. The van der Waals surface area contributed by atoms with Gasteiger partial charge >= 0.3 is 0 Å². The number of hydrogen-bond donors (Lipinski definition) is 0. The fourth-order valence-corrected chi connectivity index (χ4v) is 4.05. The minimum Gasteiger partial charge on any atom is -0.207 e. The molecule has 1 saturated carbocycles. The standard InChI is InChI=1S/C14H19F2NO2S/c1-17(11-6-4-2-3-5-7-11)20(18,19)12-8-9-13(15)14(16)10-12/h8-11H,2-7H2,1H3. The molecule has 3 nitrogen and oxygen atoms in total. The van der Waals surface area contributed by atoms with E-state index in [-0.39, 0.29) is 10.9 Å². The third-order valence-corrected chi connectivity index (χ3v) is 5.81.